The van der Waals surface area contributed by atoms with E-state index in [1.54, 1.807) is 0 Å². The molecule has 4 nitrogen and oxygen atoms in total. The summed E-state index contributed by atoms with van der Waals surface area (Å²) in [5.41, 5.74) is 4.61. The second-order valence-corrected chi connectivity index (χ2v) is 10.0. The number of H-pyrrole nitrogens is 1. The van der Waals surface area contributed by atoms with Crippen LogP contribution in [-0.4, -0.2) is 33.5 Å². The van der Waals surface area contributed by atoms with Crippen LogP contribution in [0.3, 0.4) is 0 Å². The van der Waals surface area contributed by atoms with E-state index >= 15 is 0 Å². The zero-order valence-corrected chi connectivity index (χ0v) is 17.0. The number of aliphatic carboxylic acids is 1. The molecule has 4 heteroatoms. The van der Waals surface area contributed by atoms with Gasteiger partial charge < -0.3 is 10.1 Å². The van der Waals surface area contributed by atoms with Crippen LogP contribution >= 0.6 is 0 Å². The summed E-state index contributed by atoms with van der Waals surface area (Å²) in [5.74, 6) is -0.200. The highest BCUT2D eigenvalue weighted by Gasteiger charge is 2.71. The summed E-state index contributed by atoms with van der Waals surface area (Å²) in [6, 6.07) is 9.65. The first-order valence-corrected chi connectivity index (χ1v) is 10.6. The predicted octanol–water partition coefficient (Wildman–Crippen LogP) is 4.92. The van der Waals surface area contributed by atoms with Crippen LogP contribution in [0, 0.1) is 16.7 Å². The molecule has 0 amide bonds. The third-order valence-corrected chi connectivity index (χ3v) is 7.37. The molecule has 0 spiro atoms. The summed E-state index contributed by atoms with van der Waals surface area (Å²) in [5, 5.41) is 10.4. The third-order valence-electron chi connectivity index (χ3n) is 7.37. The van der Waals surface area contributed by atoms with Crippen molar-refractivity contribution in [3.8, 4) is 0 Å². The van der Waals surface area contributed by atoms with Gasteiger partial charge in [0, 0.05) is 35.3 Å². The Hall–Kier alpha value is -2.07. The van der Waals surface area contributed by atoms with Crippen molar-refractivity contribution in [2.24, 2.45) is 16.7 Å². The minimum atomic E-state index is -0.829. The summed E-state index contributed by atoms with van der Waals surface area (Å²) < 4.78 is 0. The molecule has 2 bridgehead atoms. The molecule has 2 N–H and O–H groups in total. The molecule has 1 aliphatic heterocycles. The topological polar surface area (TPSA) is 56.3 Å². The number of hydrogen-bond donors (Lipinski definition) is 2. The lowest BCUT2D eigenvalue weighted by atomic mass is 9.32. The lowest BCUT2D eigenvalue weighted by Gasteiger charge is -2.74. The minimum absolute atomic E-state index is 0.134. The quantitative estimate of drug-likeness (QED) is 0.726. The molecular weight excluding hydrogens is 348 g/mol. The molecule has 4 aliphatic rings. The summed E-state index contributed by atoms with van der Waals surface area (Å²) in [6.07, 6.45) is 7.76. The number of para-hydroxylation sites is 1. The van der Waals surface area contributed by atoms with Gasteiger partial charge in [-0.3, -0.25) is 4.90 Å². The number of rotatable bonds is 5. The molecule has 2 aromatic rings. The summed E-state index contributed by atoms with van der Waals surface area (Å²) in [6.45, 7) is 8.11. The van der Waals surface area contributed by atoms with E-state index in [2.05, 4.69) is 54.9 Å². The van der Waals surface area contributed by atoms with Gasteiger partial charge in [-0.05, 0) is 61.0 Å². The highest BCUT2D eigenvalue weighted by Crippen LogP contribution is 2.79. The van der Waals surface area contributed by atoms with Crippen molar-refractivity contribution in [3.63, 3.8) is 0 Å². The number of allylic oxidation sites excluding steroid dienone is 1. The Labute approximate surface area is 166 Å². The van der Waals surface area contributed by atoms with Crippen LogP contribution in [0.1, 0.15) is 57.3 Å². The highest BCUT2D eigenvalue weighted by molar-refractivity contribution is 5.85. The first-order valence-electron chi connectivity index (χ1n) is 10.6. The second kappa shape index (κ2) is 5.96. The molecular formula is C24H30N2O2. The molecule has 3 aliphatic carbocycles. The van der Waals surface area contributed by atoms with Gasteiger partial charge in [-0.25, -0.2) is 4.79 Å². The van der Waals surface area contributed by atoms with Gasteiger partial charge in [0.05, 0.1) is 6.04 Å². The number of aromatic amines is 1. The molecule has 3 saturated carbocycles. The number of benzene rings is 1. The number of carbonyl (C=O) groups is 1. The average molecular weight is 379 g/mol. The Kier molecular flexibility index (Phi) is 3.83. The van der Waals surface area contributed by atoms with Crippen LogP contribution in [0.4, 0.5) is 0 Å². The monoisotopic (exact) mass is 378 g/mol. The molecule has 28 heavy (non-hydrogen) atoms. The van der Waals surface area contributed by atoms with E-state index in [-0.39, 0.29) is 5.41 Å². The fraction of sp³-hybridized carbons (Fsp3) is 0.542. The molecule has 0 saturated heterocycles. The fourth-order valence-corrected chi connectivity index (χ4v) is 6.54. The molecule has 1 aromatic carbocycles. The largest absolute Gasteiger partial charge is 0.478 e. The van der Waals surface area contributed by atoms with E-state index in [9.17, 15) is 4.79 Å². The van der Waals surface area contributed by atoms with Crippen molar-refractivity contribution in [3.05, 3.63) is 47.7 Å². The zero-order valence-electron chi connectivity index (χ0n) is 17.0. The number of aromatic nitrogens is 1. The van der Waals surface area contributed by atoms with Crippen LogP contribution in [0.2, 0.25) is 0 Å². The fourth-order valence-electron chi connectivity index (χ4n) is 6.54. The predicted molar refractivity (Wildman–Crippen MR) is 111 cm³/mol. The summed E-state index contributed by atoms with van der Waals surface area (Å²) >= 11 is 0. The lowest BCUT2D eigenvalue weighted by Crippen LogP contribution is -2.67. The summed E-state index contributed by atoms with van der Waals surface area (Å²) in [4.78, 5) is 17.5. The van der Waals surface area contributed by atoms with Crippen LogP contribution in [0.5, 0.6) is 0 Å². The van der Waals surface area contributed by atoms with Crippen molar-refractivity contribution >= 4 is 16.9 Å². The average Bonchev–Trinajstić information content (AvgIpc) is 2.92. The number of nitrogens with zero attached hydrogens (tertiary/aromatic N) is 1. The second-order valence-electron chi connectivity index (χ2n) is 10.0. The zero-order chi connectivity index (χ0) is 19.7. The molecule has 1 aromatic heterocycles. The number of hydrogen-bond acceptors (Lipinski definition) is 2. The maximum atomic E-state index is 11.0. The molecule has 0 radical (unpaired) electrons. The molecule has 2 unspecified atom stereocenters. The van der Waals surface area contributed by atoms with Crippen molar-refractivity contribution < 1.29 is 9.90 Å². The van der Waals surface area contributed by atoms with E-state index in [1.165, 1.54) is 28.2 Å². The number of nitrogens with one attached hydrogen (secondary N) is 1. The van der Waals surface area contributed by atoms with Crippen molar-refractivity contribution in [2.45, 2.75) is 58.5 Å². The van der Waals surface area contributed by atoms with E-state index in [0.29, 0.717) is 23.4 Å². The first-order chi connectivity index (χ1) is 13.3. The molecule has 2 atom stereocenters. The van der Waals surface area contributed by atoms with Gasteiger partial charge in [0.25, 0.3) is 0 Å². The van der Waals surface area contributed by atoms with Gasteiger partial charge >= 0.3 is 5.97 Å². The highest BCUT2D eigenvalue weighted by atomic mass is 16.4. The van der Waals surface area contributed by atoms with Crippen molar-refractivity contribution in [1.29, 1.82) is 0 Å². The van der Waals surface area contributed by atoms with Gasteiger partial charge in [-0.1, -0.05) is 38.1 Å². The van der Waals surface area contributed by atoms with E-state index in [4.69, 9.17) is 5.11 Å². The Morgan fingerprint density at radius 1 is 1.32 bits per heavy atom. The Balaban J connectivity index is 1.54. The van der Waals surface area contributed by atoms with Crippen molar-refractivity contribution in [1.82, 2.24) is 9.88 Å². The van der Waals surface area contributed by atoms with Crippen LogP contribution < -0.4 is 0 Å². The van der Waals surface area contributed by atoms with Gasteiger partial charge in [0.1, 0.15) is 0 Å². The molecule has 2 heterocycles. The van der Waals surface area contributed by atoms with E-state index in [1.807, 2.05) is 6.08 Å². The summed E-state index contributed by atoms with van der Waals surface area (Å²) in [7, 11) is 0. The number of carboxylic acids is 1. The smallest absolute Gasteiger partial charge is 0.327 e. The van der Waals surface area contributed by atoms with Gasteiger partial charge in [-0.15, -0.1) is 0 Å². The third kappa shape index (κ3) is 2.50. The maximum Gasteiger partial charge on any atom is 0.327 e. The lowest BCUT2D eigenvalue weighted by molar-refractivity contribution is -0.222. The van der Waals surface area contributed by atoms with E-state index < -0.39 is 5.97 Å². The van der Waals surface area contributed by atoms with Gasteiger partial charge in [0.15, 0.2) is 0 Å². The van der Waals surface area contributed by atoms with Crippen molar-refractivity contribution in [2.75, 3.05) is 6.54 Å². The first kappa shape index (κ1) is 18.0. The maximum absolute atomic E-state index is 11.0. The molecule has 6 rings (SSSR count). The van der Waals surface area contributed by atoms with Gasteiger partial charge in [0.2, 0.25) is 0 Å². The Bertz CT molecular complexity index is 950. The molecule has 3 fully saturated rings. The number of fused-ring (bicyclic) bond motifs is 3. The normalized spacial score (nSPS) is 34.4. The van der Waals surface area contributed by atoms with Crippen LogP contribution in [0.25, 0.3) is 10.9 Å². The SMILES string of the molecule is CC(C)CN1C(C)Cc2c([nH]c3ccccc23)C1C12CC(/C=C/C(=O)O)(C1)C2. The van der Waals surface area contributed by atoms with E-state index in [0.717, 1.165) is 32.2 Å². The minimum Gasteiger partial charge on any atom is -0.478 e. The van der Waals surface area contributed by atoms with Crippen LogP contribution in [-0.2, 0) is 11.2 Å². The Morgan fingerprint density at radius 3 is 2.71 bits per heavy atom. The van der Waals surface area contributed by atoms with Gasteiger partial charge in [-0.2, -0.15) is 0 Å². The number of carboxylic acid groups (broad SMARTS) is 1. The Morgan fingerprint density at radius 2 is 2.04 bits per heavy atom. The van der Waals surface area contributed by atoms with Crippen LogP contribution in [0.15, 0.2) is 36.4 Å². The standard InChI is InChI=1S/C24H30N2O2/c1-15(2)11-26-16(3)10-18-17-6-4-5-7-19(17)25-21(18)22(26)24-12-23(13-24,14-24)9-8-20(27)28/h4-9,15-16,22,25H,10-14H2,1-3H3,(H,27,28)/b9-8+. The molecule has 148 valence electrons.